The predicted octanol–water partition coefficient (Wildman–Crippen LogP) is 6.02. The van der Waals surface area contributed by atoms with Crippen LogP contribution in [0.2, 0.25) is 0 Å². The lowest BCUT2D eigenvalue weighted by atomic mass is 9.49. The molecular formula is C35H48O6. The molecule has 41 heavy (non-hydrogen) atoms. The second-order valence-electron chi connectivity index (χ2n) is 14.0. The lowest BCUT2D eigenvalue weighted by Crippen LogP contribution is -2.54. The molecular weight excluding hydrogens is 516 g/mol. The van der Waals surface area contributed by atoms with Crippen LogP contribution in [-0.2, 0) is 14.3 Å². The second kappa shape index (κ2) is 10.7. The summed E-state index contributed by atoms with van der Waals surface area (Å²) in [6.45, 7) is 14.1. The number of hydrogen-bond acceptors (Lipinski definition) is 6. The number of carbonyl (C=O) groups is 2. The van der Waals surface area contributed by atoms with Crippen molar-refractivity contribution < 1.29 is 29.6 Å². The fourth-order valence-corrected chi connectivity index (χ4v) is 9.23. The normalized spacial score (nSPS) is 50.6. The number of esters is 1. The van der Waals surface area contributed by atoms with Gasteiger partial charge in [0.05, 0.1) is 12.2 Å². The van der Waals surface area contributed by atoms with E-state index in [2.05, 4.69) is 39.0 Å². The highest BCUT2D eigenvalue weighted by Crippen LogP contribution is 2.60. The molecule has 1 saturated heterocycles. The van der Waals surface area contributed by atoms with Gasteiger partial charge in [-0.1, -0.05) is 83.1 Å². The number of aliphatic hydroxyl groups excluding tert-OH is 3. The maximum absolute atomic E-state index is 14.6. The number of aliphatic hydroxyl groups is 3. The smallest absolute Gasteiger partial charge is 0.346 e. The number of ether oxygens (including phenoxy) is 1. The van der Waals surface area contributed by atoms with Crippen molar-refractivity contribution in [2.24, 2.45) is 52.8 Å². The number of rotatable bonds is 2. The summed E-state index contributed by atoms with van der Waals surface area (Å²) < 4.78 is 6.12. The van der Waals surface area contributed by atoms with E-state index >= 15 is 0 Å². The highest BCUT2D eigenvalue weighted by atomic mass is 16.6. The summed E-state index contributed by atoms with van der Waals surface area (Å²) in [6.07, 6.45) is 13.6. The Kier molecular flexibility index (Phi) is 7.82. The maximum atomic E-state index is 14.6. The summed E-state index contributed by atoms with van der Waals surface area (Å²) >= 11 is 0. The zero-order valence-corrected chi connectivity index (χ0v) is 25.6. The van der Waals surface area contributed by atoms with E-state index in [-0.39, 0.29) is 52.8 Å². The summed E-state index contributed by atoms with van der Waals surface area (Å²) in [5, 5.41) is 35.0. The molecule has 1 saturated carbocycles. The van der Waals surface area contributed by atoms with Crippen molar-refractivity contribution in [2.45, 2.75) is 92.0 Å². The van der Waals surface area contributed by atoms with Gasteiger partial charge in [-0.05, 0) is 55.9 Å². The molecule has 0 amide bonds. The molecule has 4 aliphatic carbocycles. The van der Waals surface area contributed by atoms with Crippen molar-refractivity contribution in [3.8, 4) is 0 Å². The number of Topliss-reactive ketones (excluding diaryl/α,β-unsaturated/α-hetero) is 1. The average Bonchev–Trinajstić information content (AvgIpc) is 3.15. The highest BCUT2D eigenvalue weighted by Gasteiger charge is 2.62. The Morgan fingerprint density at radius 2 is 1.68 bits per heavy atom. The van der Waals surface area contributed by atoms with Crippen LogP contribution in [-0.4, -0.2) is 44.9 Å². The molecule has 5 rings (SSSR count). The Morgan fingerprint density at radius 1 is 0.976 bits per heavy atom. The van der Waals surface area contributed by atoms with E-state index in [1.165, 1.54) is 0 Å². The summed E-state index contributed by atoms with van der Waals surface area (Å²) in [5.41, 5.74) is -1.08. The molecule has 12 atom stereocenters. The van der Waals surface area contributed by atoms with Crippen LogP contribution in [0.4, 0.5) is 0 Å². The minimum Gasteiger partial charge on any atom is -0.511 e. The molecule has 224 valence electrons. The summed E-state index contributed by atoms with van der Waals surface area (Å²) in [5.74, 6) is -2.74. The first kappa shape index (κ1) is 30.0. The largest absolute Gasteiger partial charge is 0.511 e. The quantitative estimate of drug-likeness (QED) is 0.215. The van der Waals surface area contributed by atoms with Crippen molar-refractivity contribution in [3.05, 3.63) is 58.9 Å². The van der Waals surface area contributed by atoms with Gasteiger partial charge in [-0.25, -0.2) is 4.79 Å². The summed E-state index contributed by atoms with van der Waals surface area (Å²) in [4.78, 5) is 28.4. The van der Waals surface area contributed by atoms with Crippen LogP contribution in [0, 0.1) is 52.8 Å². The maximum Gasteiger partial charge on any atom is 0.346 e. The number of fused-ring (bicyclic) bond motifs is 4. The van der Waals surface area contributed by atoms with E-state index in [0.717, 1.165) is 24.8 Å². The van der Waals surface area contributed by atoms with Gasteiger partial charge in [-0.3, -0.25) is 4.79 Å². The first-order valence-electron chi connectivity index (χ1n) is 15.6. The third kappa shape index (κ3) is 4.52. The van der Waals surface area contributed by atoms with Gasteiger partial charge in [0.2, 0.25) is 5.78 Å². The lowest BCUT2D eigenvalue weighted by molar-refractivity contribution is -0.156. The van der Waals surface area contributed by atoms with Crippen LogP contribution >= 0.6 is 0 Å². The number of carbonyl (C=O) groups excluding carboxylic acids is 2. The van der Waals surface area contributed by atoms with E-state index in [9.17, 15) is 24.9 Å². The second-order valence-corrected chi connectivity index (χ2v) is 14.0. The van der Waals surface area contributed by atoms with Gasteiger partial charge in [0.15, 0.2) is 5.60 Å². The topological polar surface area (TPSA) is 104 Å². The Bertz CT molecular complexity index is 1250. The SMILES string of the molecule is CCCC1C=CC2/C=C(\C)C(O)C(C)/C=C(\C)C3C=CC4C(O)C(C)CC(C)C4C3(C)/C(O)=C3\C(=O)OC2(C1)C3=O. The highest BCUT2D eigenvalue weighted by molar-refractivity contribution is 6.26. The zero-order valence-electron chi connectivity index (χ0n) is 25.6. The van der Waals surface area contributed by atoms with Crippen LogP contribution in [0.25, 0.3) is 0 Å². The monoisotopic (exact) mass is 564 g/mol. The van der Waals surface area contributed by atoms with Crippen LogP contribution in [0.15, 0.2) is 58.9 Å². The Hall–Kier alpha value is -2.44. The zero-order chi connectivity index (χ0) is 30.0. The van der Waals surface area contributed by atoms with Gasteiger partial charge in [-0.2, -0.15) is 0 Å². The summed E-state index contributed by atoms with van der Waals surface area (Å²) in [6, 6.07) is 0. The Morgan fingerprint density at radius 3 is 2.37 bits per heavy atom. The van der Waals surface area contributed by atoms with Crippen LogP contribution in [0.3, 0.4) is 0 Å². The van der Waals surface area contributed by atoms with Crippen LogP contribution in [0.5, 0.6) is 0 Å². The third-order valence-electron chi connectivity index (χ3n) is 11.2. The van der Waals surface area contributed by atoms with Crippen molar-refractivity contribution >= 4 is 11.8 Å². The number of hydrogen-bond donors (Lipinski definition) is 3. The molecule has 0 radical (unpaired) electrons. The first-order chi connectivity index (χ1) is 19.3. The molecule has 12 unspecified atom stereocenters. The van der Waals surface area contributed by atoms with Crippen molar-refractivity contribution in [2.75, 3.05) is 0 Å². The molecule has 1 spiro atoms. The molecule has 1 aliphatic heterocycles. The van der Waals surface area contributed by atoms with Crippen molar-refractivity contribution in [3.63, 3.8) is 0 Å². The van der Waals surface area contributed by atoms with Gasteiger partial charge in [0, 0.05) is 35.5 Å². The molecule has 0 aromatic rings. The minimum atomic E-state index is -1.46. The van der Waals surface area contributed by atoms with E-state index in [1.807, 2.05) is 45.9 Å². The molecule has 2 bridgehead atoms. The Labute approximate surface area is 244 Å². The van der Waals surface area contributed by atoms with Gasteiger partial charge >= 0.3 is 5.97 Å². The minimum absolute atomic E-state index is 0.0620. The van der Waals surface area contributed by atoms with E-state index in [4.69, 9.17) is 4.74 Å². The fraction of sp³-hybridized carbons (Fsp3) is 0.657. The van der Waals surface area contributed by atoms with Crippen molar-refractivity contribution in [1.29, 1.82) is 0 Å². The van der Waals surface area contributed by atoms with Gasteiger partial charge in [0.1, 0.15) is 11.3 Å². The Balaban J connectivity index is 1.78. The average molecular weight is 565 g/mol. The van der Waals surface area contributed by atoms with Gasteiger partial charge in [-0.15, -0.1) is 0 Å². The van der Waals surface area contributed by atoms with Crippen LogP contribution in [0.1, 0.15) is 74.1 Å². The van der Waals surface area contributed by atoms with Crippen LogP contribution < -0.4 is 0 Å². The molecule has 5 aliphatic rings. The third-order valence-corrected chi connectivity index (χ3v) is 11.2. The fourth-order valence-electron chi connectivity index (χ4n) is 9.23. The van der Waals surface area contributed by atoms with Gasteiger partial charge < -0.3 is 20.1 Å². The molecule has 0 aromatic carbocycles. The lowest BCUT2D eigenvalue weighted by Gasteiger charge is -2.55. The van der Waals surface area contributed by atoms with E-state index in [1.54, 1.807) is 0 Å². The molecule has 2 fully saturated rings. The standard InChI is InChI=1S/C35H48O6/c1-8-9-23-10-11-24-16-22(6)29(36)20(4)14-18(2)26-13-12-25-28(19(3)15-21(5)30(25)37)34(26,7)31(38)27-32(39)35(24,17-23)41-33(27)40/h10-14,16,19-21,23-26,28-30,36-38H,8-9,15,17H2,1-7H3/b18-14+,22-16+,31-27+. The van der Waals surface area contributed by atoms with Crippen molar-refractivity contribution in [1.82, 2.24) is 0 Å². The molecule has 3 N–H and O–H groups in total. The predicted molar refractivity (Wildman–Crippen MR) is 158 cm³/mol. The molecule has 0 aromatic heterocycles. The number of allylic oxidation sites excluding steroid dienone is 4. The first-order valence-corrected chi connectivity index (χ1v) is 15.6. The molecule has 1 heterocycles. The van der Waals surface area contributed by atoms with Gasteiger partial charge in [0.25, 0.3) is 0 Å². The summed E-state index contributed by atoms with van der Waals surface area (Å²) in [7, 11) is 0. The van der Waals surface area contributed by atoms with E-state index in [0.29, 0.717) is 12.0 Å². The molecule has 6 nitrogen and oxygen atoms in total. The number of ketones is 1. The molecule has 6 heteroatoms. The van der Waals surface area contributed by atoms with E-state index < -0.39 is 40.9 Å².